The summed E-state index contributed by atoms with van der Waals surface area (Å²) in [7, 11) is 1.58. The third-order valence-corrected chi connectivity index (χ3v) is 6.19. The highest BCUT2D eigenvalue weighted by atomic mass is 35.5. The van der Waals surface area contributed by atoms with Crippen LogP contribution in [0, 0.1) is 0 Å². The molecule has 1 aromatic carbocycles. The quantitative estimate of drug-likeness (QED) is 0.242. The van der Waals surface area contributed by atoms with Crippen molar-refractivity contribution in [2.75, 3.05) is 55.9 Å². The molecule has 2 heterocycles. The van der Waals surface area contributed by atoms with Gasteiger partial charge in [-0.05, 0) is 25.1 Å². The number of ether oxygens (including phenoxy) is 1. The van der Waals surface area contributed by atoms with Crippen LogP contribution in [-0.4, -0.2) is 78.5 Å². The molecule has 33 heavy (non-hydrogen) atoms. The number of nitrogens with zero attached hydrogens (tertiary/aromatic N) is 4. The average Bonchev–Trinajstić information content (AvgIpc) is 2.77. The van der Waals surface area contributed by atoms with E-state index in [4.69, 9.17) is 27.9 Å². The van der Waals surface area contributed by atoms with E-state index in [1.54, 1.807) is 42.3 Å². The SMILES string of the molecule is COCCNC(=O)CSc1nc(Cl)cc(N2CCN(C(=O)Nc3cccc(Cl)c3)C(C)C2)n1. The van der Waals surface area contributed by atoms with E-state index < -0.39 is 0 Å². The number of nitrogens with one attached hydrogen (secondary N) is 2. The summed E-state index contributed by atoms with van der Waals surface area (Å²) in [5.41, 5.74) is 0.651. The van der Waals surface area contributed by atoms with Crippen molar-refractivity contribution < 1.29 is 14.3 Å². The van der Waals surface area contributed by atoms with Crippen molar-refractivity contribution in [3.8, 4) is 0 Å². The van der Waals surface area contributed by atoms with E-state index in [0.29, 0.717) is 59.6 Å². The summed E-state index contributed by atoms with van der Waals surface area (Å²) in [6.07, 6.45) is 0. The van der Waals surface area contributed by atoms with Gasteiger partial charge in [-0.15, -0.1) is 0 Å². The van der Waals surface area contributed by atoms with E-state index in [0.717, 1.165) is 0 Å². The van der Waals surface area contributed by atoms with E-state index >= 15 is 0 Å². The van der Waals surface area contributed by atoms with Crippen LogP contribution in [-0.2, 0) is 9.53 Å². The first-order valence-corrected chi connectivity index (χ1v) is 12.1. The molecule has 0 spiro atoms. The molecule has 3 rings (SSSR count). The predicted molar refractivity (Wildman–Crippen MR) is 132 cm³/mol. The smallest absolute Gasteiger partial charge is 0.322 e. The molecule has 1 aromatic heterocycles. The van der Waals surface area contributed by atoms with Crippen LogP contribution in [0.1, 0.15) is 6.92 Å². The van der Waals surface area contributed by atoms with E-state index in [1.807, 2.05) is 6.92 Å². The summed E-state index contributed by atoms with van der Waals surface area (Å²) in [4.78, 5) is 37.3. The summed E-state index contributed by atoms with van der Waals surface area (Å²) in [6.45, 7) is 4.56. The molecule has 2 N–H and O–H groups in total. The first-order chi connectivity index (χ1) is 15.9. The van der Waals surface area contributed by atoms with Crippen molar-refractivity contribution in [3.63, 3.8) is 0 Å². The maximum Gasteiger partial charge on any atom is 0.322 e. The molecule has 0 bridgehead atoms. The Morgan fingerprint density at radius 1 is 1.24 bits per heavy atom. The van der Waals surface area contributed by atoms with Gasteiger partial charge in [0.2, 0.25) is 5.91 Å². The number of piperazine rings is 1. The second kappa shape index (κ2) is 12.3. The monoisotopic (exact) mass is 512 g/mol. The molecule has 0 radical (unpaired) electrons. The number of amides is 3. The Morgan fingerprint density at radius 2 is 2.06 bits per heavy atom. The van der Waals surface area contributed by atoms with Crippen molar-refractivity contribution in [2.45, 2.75) is 18.1 Å². The zero-order valence-corrected chi connectivity index (χ0v) is 20.7. The zero-order chi connectivity index (χ0) is 23.8. The second-order valence-electron chi connectivity index (χ2n) is 7.39. The number of carbonyl (C=O) groups excluding carboxylic acids is 2. The minimum Gasteiger partial charge on any atom is -0.383 e. The lowest BCUT2D eigenvalue weighted by atomic mass is 10.2. The lowest BCUT2D eigenvalue weighted by Crippen LogP contribution is -2.55. The van der Waals surface area contributed by atoms with Crippen LogP contribution in [0.25, 0.3) is 0 Å². The number of hydrogen-bond donors (Lipinski definition) is 2. The van der Waals surface area contributed by atoms with Gasteiger partial charge in [0.05, 0.1) is 12.4 Å². The van der Waals surface area contributed by atoms with Crippen LogP contribution in [0.5, 0.6) is 0 Å². The van der Waals surface area contributed by atoms with Crippen LogP contribution in [0.15, 0.2) is 35.5 Å². The number of benzene rings is 1. The third-order valence-electron chi connectivity index (χ3n) is 4.91. The van der Waals surface area contributed by atoms with Gasteiger partial charge in [0, 0.05) is 56.1 Å². The van der Waals surface area contributed by atoms with Crippen molar-refractivity contribution in [2.24, 2.45) is 0 Å². The fraction of sp³-hybridized carbons (Fsp3) is 0.429. The number of aromatic nitrogens is 2. The number of urea groups is 1. The van der Waals surface area contributed by atoms with Crippen molar-refractivity contribution in [3.05, 3.63) is 40.5 Å². The standard InChI is InChI=1S/C21H26Cl2N6O3S/c1-14-12-28(7-8-29(14)21(31)25-16-5-3-4-15(22)10-16)18-11-17(23)26-20(27-18)33-13-19(30)24-6-9-32-2/h3-5,10-11,14H,6-9,12-13H2,1-2H3,(H,24,30)(H,25,31). The molecule has 1 unspecified atom stereocenters. The predicted octanol–water partition coefficient (Wildman–Crippen LogP) is 3.38. The van der Waals surface area contributed by atoms with Crippen LogP contribution in [0.3, 0.4) is 0 Å². The first-order valence-electron chi connectivity index (χ1n) is 10.4. The molecule has 178 valence electrons. The molecule has 1 aliphatic heterocycles. The van der Waals surface area contributed by atoms with Gasteiger partial charge in [0.1, 0.15) is 11.0 Å². The molecule has 0 aliphatic carbocycles. The molecule has 12 heteroatoms. The highest BCUT2D eigenvalue weighted by Crippen LogP contribution is 2.24. The Kier molecular flexibility index (Phi) is 9.42. The van der Waals surface area contributed by atoms with Gasteiger partial charge in [-0.3, -0.25) is 4.79 Å². The van der Waals surface area contributed by atoms with Crippen LogP contribution in [0.4, 0.5) is 16.3 Å². The molecule has 3 amide bonds. The fourth-order valence-corrected chi connectivity index (χ4v) is 4.42. The van der Waals surface area contributed by atoms with Crippen LogP contribution in [0.2, 0.25) is 10.2 Å². The number of rotatable bonds is 8. The zero-order valence-electron chi connectivity index (χ0n) is 18.4. The number of halogens is 2. The molecule has 9 nitrogen and oxygen atoms in total. The fourth-order valence-electron chi connectivity index (χ4n) is 3.31. The Morgan fingerprint density at radius 3 is 2.79 bits per heavy atom. The lowest BCUT2D eigenvalue weighted by Gasteiger charge is -2.40. The van der Waals surface area contributed by atoms with E-state index in [-0.39, 0.29) is 23.7 Å². The Balaban J connectivity index is 1.57. The number of hydrogen-bond acceptors (Lipinski definition) is 7. The van der Waals surface area contributed by atoms with Crippen LogP contribution >= 0.6 is 35.0 Å². The lowest BCUT2D eigenvalue weighted by molar-refractivity contribution is -0.118. The maximum absolute atomic E-state index is 12.7. The molecule has 1 saturated heterocycles. The normalized spacial score (nSPS) is 15.9. The van der Waals surface area contributed by atoms with Crippen molar-refractivity contribution in [1.29, 1.82) is 0 Å². The summed E-state index contributed by atoms with van der Waals surface area (Å²) >= 11 is 13.4. The van der Waals surface area contributed by atoms with E-state index in [9.17, 15) is 9.59 Å². The van der Waals surface area contributed by atoms with E-state index in [1.165, 1.54) is 11.8 Å². The molecule has 1 fully saturated rings. The molecule has 1 atom stereocenters. The average molecular weight is 513 g/mol. The van der Waals surface area contributed by atoms with Crippen molar-refractivity contribution >= 4 is 58.4 Å². The van der Waals surface area contributed by atoms with Gasteiger partial charge in [-0.25, -0.2) is 14.8 Å². The van der Waals surface area contributed by atoms with Gasteiger partial charge in [0.25, 0.3) is 0 Å². The van der Waals surface area contributed by atoms with Crippen molar-refractivity contribution in [1.82, 2.24) is 20.2 Å². The summed E-state index contributed by atoms with van der Waals surface area (Å²) in [5.74, 6) is 0.714. The number of anilines is 2. The Hall–Kier alpha value is -2.27. The highest BCUT2D eigenvalue weighted by molar-refractivity contribution is 7.99. The van der Waals surface area contributed by atoms with Gasteiger partial charge in [0.15, 0.2) is 5.16 Å². The first kappa shape index (κ1) is 25.4. The number of carbonyl (C=O) groups is 2. The third kappa shape index (κ3) is 7.63. The number of methoxy groups -OCH3 is 1. The second-order valence-corrected chi connectivity index (χ2v) is 9.16. The number of thioether (sulfide) groups is 1. The largest absolute Gasteiger partial charge is 0.383 e. The molecule has 0 saturated carbocycles. The summed E-state index contributed by atoms with van der Waals surface area (Å²) in [6, 6.07) is 8.50. The molecular formula is C21H26Cl2N6O3S. The summed E-state index contributed by atoms with van der Waals surface area (Å²) < 4.78 is 4.92. The summed E-state index contributed by atoms with van der Waals surface area (Å²) in [5, 5.41) is 6.93. The van der Waals surface area contributed by atoms with Gasteiger partial charge < -0.3 is 25.2 Å². The van der Waals surface area contributed by atoms with Crippen LogP contribution < -0.4 is 15.5 Å². The molecule has 1 aliphatic rings. The Bertz CT molecular complexity index is 983. The van der Waals surface area contributed by atoms with Gasteiger partial charge in [-0.2, -0.15) is 0 Å². The molecule has 2 aromatic rings. The minimum absolute atomic E-state index is 0.0608. The minimum atomic E-state index is -0.180. The highest BCUT2D eigenvalue weighted by Gasteiger charge is 2.28. The Labute approximate surface area is 207 Å². The van der Waals surface area contributed by atoms with E-state index in [2.05, 4.69) is 25.5 Å². The van der Waals surface area contributed by atoms with Gasteiger partial charge >= 0.3 is 6.03 Å². The van der Waals surface area contributed by atoms with Gasteiger partial charge in [-0.1, -0.05) is 41.0 Å². The maximum atomic E-state index is 12.7. The topological polar surface area (TPSA) is 99.7 Å². The molecular weight excluding hydrogens is 487 g/mol.